The van der Waals surface area contributed by atoms with Crippen molar-refractivity contribution in [2.45, 2.75) is 13.3 Å². The Kier molecular flexibility index (Phi) is 5.69. The number of ketones is 1. The summed E-state index contributed by atoms with van der Waals surface area (Å²) in [6, 6.07) is 4.26. The number of carbonyl (C=O) groups excluding carboxylic acids is 2. The Morgan fingerprint density at radius 2 is 1.95 bits per heavy atom. The lowest BCUT2D eigenvalue weighted by Crippen LogP contribution is -2.13. The Labute approximate surface area is 118 Å². The van der Waals surface area contributed by atoms with Crippen molar-refractivity contribution in [3.8, 4) is 0 Å². The van der Waals surface area contributed by atoms with E-state index in [0.29, 0.717) is 5.56 Å². The maximum absolute atomic E-state index is 11.6. The predicted molar refractivity (Wildman–Crippen MR) is 71.9 cm³/mol. The number of Topliss-reactive ketones (excluding diaryl/α,β-unsaturated/α-hetero) is 1. The minimum atomic E-state index is -1.23. The van der Waals surface area contributed by atoms with Crippen LogP contribution in [-0.2, 0) is 16.0 Å². The second kappa shape index (κ2) is 7.04. The van der Waals surface area contributed by atoms with E-state index in [2.05, 4.69) is 15.9 Å². The van der Waals surface area contributed by atoms with Gasteiger partial charge in [0.1, 0.15) is 5.78 Å². The van der Waals surface area contributed by atoms with Crippen molar-refractivity contribution in [3.05, 3.63) is 34.9 Å². The first-order valence-electron chi connectivity index (χ1n) is 5.60. The monoisotopic (exact) mass is 328 g/mol. The van der Waals surface area contributed by atoms with Gasteiger partial charge < -0.3 is 9.84 Å². The maximum atomic E-state index is 11.6. The summed E-state index contributed by atoms with van der Waals surface area (Å²) in [7, 11) is 0. The molecule has 0 saturated heterocycles. The highest BCUT2D eigenvalue weighted by Gasteiger charge is 2.18. The van der Waals surface area contributed by atoms with Crippen LogP contribution in [0.4, 0.5) is 0 Å². The number of halogens is 1. The van der Waals surface area contributed by atoms with Crippen molar-refractivity contribution in [3.63, 3.8) is 0 Å². The zero-order valence-corrected chi connectivity index (χ0v) is 11.9. The lowest BCUT2D eigenvalue weighted by Gasteiger charge is -2.07. The molecule has 5 nitrogen and oxygen atoms in total. The standard InChI is InChI=1S/C13H13BrO5/c1-2-19-13(18)10-4-3-8(5-9(15)7-14)6-11(10)12(16)17/h3-4,6H,2,5,7H2,1H3,(H,16,17). The minimum absolute atomic E-state index is 0.00982. The van der Waals surface area contributed by atoms with Crippen molar-refractivity contribution in [1.29, 1.82) is 0 Å². The molecule has 0 aliphatic heterocycles. The van der Waals surface area contributed by atoms with Crippen LogP contribution in [-0.4, -0.2) is 34.8 Å². The Hall–Kier alpha value is -1.69. The van der Waals surface area contributed by atoms with Crippen molar-refractivity contribution in [2.24, 2.45) is 0 Å². The fraction of sp³-hybridized carbons (Fsp3) is 0.308. The van der Waals surface area contributed by atoms with Crippen molar-refractivity contribution in [1.82, 2.24) is 0 Å². The molecule has 19 heavy (non-hydrogen) atoms. The molecular formula is C13H13BrO5. The molecule has 1 aromatic carbocycles. The fourth-order valence-corrected chi connectivity index (χ4v) is 1.74. The number of carboxylic acid groups (broad SMARTS) is 1. The van der Waals surface area contributed by atoms with Gasteiger partial charge in [-0.05, 0) is 24.6 Å². The third-order valence-corrected chi connectivity index (χ3v) is 2.99. The second-order valence-electron chi connectivity index (χ2n) is 3.75. The first kappa shape index (κ1) is 15.4. The number of benzene rings is 1. The summed E-state index contributed by atoms with van der Waals surface area (Å²) in [5, 5.41) is 9.30. The first-order chi connectivity index (χ1) is 8.99. The van der Waals surface area contributed by atoms with Crippen LogP contribution in [0.3, 0.4) is 0 Å². The zero-order chi connectivity index (χ0) is 14.4. The van der Waals surface area contributed by atoms with E-state index in [-0.39, 0.29) is 35.3 Å². The molecule has 6 heteroatoms. The Bertz CT molecular complexity index is 510. The number of carboxylic acids is 1. The summed E-state index contributed by atoms with van der Waals surface area (Å²) in [6.45, 7) is 1.81. The molecule has 0 atom stereocenters. The van der Waals surface area contributed by atoms with Gasteiger partial charge >= 0.3 is 11.9 Å². The summed E-state index contributed by atoms with van der Waals surface area (Å²) in [4.78, 5) is 34.0. The van der Waals surface area contributed by atoms with E-state index in [1.54, 1.807) is 13.0 Å². The number of carbonyl (C=O) groups is 3. The molecule has 0 unspecified atom stereocenters. The van der Waals surface area contributed by atoms with Gasteiger partial charge in [-0.1, -0.05) is 22.0 Å². The van der Waals surface area contributed by atoms with E-state index < -0.39 is 11.9 Å². The van der Waals surface area contributed by atoms with Crippen LogP contribution in [0.5, 0.6) is 0 Å². The van der Waals surface area contributed by atoms with Crippen molar-refractivity contribution in [2.75, 3.05) is 11.9 Å². The highest BCUT2D eigenvalue weighted by molar-refractivity contribution is 9.09. The van der Waals surface area contributed by atoms with Gasteiger partial charge in [0.15, 0.2) is 0 Å². The molecule has 1 rings (SSSR count). The van der Waals surface area contributed by atoms with Crippen LogP contribution in [0.1, 0.15) is 33.2 Å². The number of hydrogen-bond donors (Lipinski definition) is 1. The van der Waals surface area contributed by atoms with Gasteiger partial charge in [0.2, 0.25) is 0 Å². The molecule has 0 radical (unpaired) electrons. The highest BCUT2D eigenvalue weighted by Crippen LogP contribution is 2.15. The molecule has 0 fully saturated rings. The van der Waals surface area contributed by atoms with Gasteiger partial charge in [-0.3, -0.25) is 4.79 Å². The Morgan fingerprint density at radius 3 is 2.47 bits per heavy atom. The SMILES string of the molecule is CCOC(=O)c1ccc(CC(=O)CBr)cc1C(=O)O. The largest absolute Gasteiger partial charge is 0.478 e. The minimum Gasteiger partial charge on any atom is -0.478 e. The average molecular weight is 329 g/mol. The van der Waals surface area contributed by atoms with Crippen LogP contribution >= 0.6 is 15.9 Å². The van der Waals surface area contributed by atoms with E-state index in [1.165, 1.54) is 12.1 Å². The summed E-state index contributed by atoms with van der Waals surface area (Å²) in [6.07, 6.45) is 0.120. The van der Waals surface area contributed by atoms with E-state index >= 15 is 0 Å². The van der Waals surface area contributed by atoms with E-state index in [9.17, 15) is 14.4 Å². The summed E-state index contributed by atoms with van der Waals surface area (Å²) in [5.74, 6) is -1.98. The van der Waals surface area contributed by atoms with Crippen molar-refractivity contribution < 1.29 is 24.2 Å². The van der Waals surface area contributed by atoms with Gasteiger partial charge in [0.05, 0.1) is 23.1 Å². The first-order valence-corrected chi connectivity index (χ1v) is 6.72. The number of alkyl halides is 1. The topological polar surface area (TPSA) is 80.7 Å². The molecule has 0 aliphatic rings. The van der Waals surface area contributed by atoms with Crippen molar-refractivity contribution >= 4 is 33.7 Å². The van der Waals surface area contributed by atoms with E-state index in [4.69, 9.17) is 9.84 Å². The fourth-order valence-electron chi connectivity index (χ4n) is 1.54. The molecule has 0 saturated carbocycles. The maximum Gasteiger partial charge on any atom is 0.338 e. The van der Waals surface area contributed by atoms with Crippen LogP contribution in [0.25, 0.3) is 0 Å². The molecule has 0 heterocycles. The van der Waals surface area contributed by atoms with Crippen LogP contribution < -0.4 is 0 Å². The molecular weight excluding hydrogens is 316 g/mol. The van der Waals surface area contributed by atoms with E-state index in [1.807, 2.05) is 0 Å². The number of ether oxygens (including phenoxy) is 1. The molecule has 0 aliphatic carbocycles. The molecule has 0 spiro atoms. The molecule has 0 bridgehead atoms. The summed E-state index contributed by atoms with van der Waals surface area (Å²) in [5.41, 5.74) is 0.387. The number of hydrogen-bond acceptors (Lipinski definition) is 4. The molecule has 102 valence electrons. The van der Waals surface area contributed by atoms with Crippen LogP contribution in [0.15, 0.2) is 18.2 Å². The lowest BCUT2D eigenvalue weighted by molar-refractivity contribution is -0.115. The van der Waals surface area contributed by atoms with Gasteiger partial charge in [0, 0.05) is 6.42 Å². The zero-order valence-electron chi connectivity index (χ0n) is 10.3. The van der Waals surface area contributed by atoms with Gasteiger partial charge in [-0.2, -0.15) is 0 Å². The normalized spacial score (nSPS) is 10.0. The number of rotatable bonds is 6. The van der Waals surface area contributed by atoms with E-state index in [0.717, 1.165) is 0 Å². The summed E-state index contributed by atoms with van der Waals surface area (Å²) >= 11 is 3.04. The van der Waals surface area contributed by atoms with Gasteiger partial charge in [0.25, 0.3) is 0 Å². The predicted octanol–water partition coefficient (Wildman–Crippen LogP) is 2.07. The highest BCUT2D eigenvalue weighted by atomic mass is 79.9. The van der Waals surface area contributed by atoms with Gasteiger partial charge in [-0.25, -0.2) is 9.59 Å². The van der Waals surface area contributed by atoms with Crippen LogP contribution in [0.2, 0.25) is 0 Å². The Morgan fingerprint density at radius 1 is 1.26 bits per heavy atom. The third-order valence-electron chi connectivity index (χ3n) is 2.36. The smallest absolute Gasteiger partial charge is 0.338 e. The summed E-state index contributed by atoms with van der Waals surface area (Å²) < 4.78 is 4.78. The number of aromatic carboxylic acids is 1. The third kappa shape index (κ3) is 4.17. The molecule has 1 aromatic rings. The molecule has 1 N–H and O–H groups in total. The molecule has 0 aromatic heterocycles. The lowest BCUT2D eigenvalue weighted by atomic mass is 10.0. The number of esters is 1. The average Bonchev–Trinajstić information content (AvgIpc) is 2.38. The van der Waals surface area contributed by atoms with Gasteiger partial charge in [-0.15, -0.1) is 0 Å². The second-order valence-corrected chi connectivity index (χ2v) is 4.32. The quantitative estimate of drug-likeness (QED) is 0.638. The Balaban J connectivity index is 3.11. The van der Waals surface area contributed by atoms with Crippen LogP contribution in [0, 0.1) is 0 Å². The molecule has 0 amide bonds.